The number of anilines is 2. The summed E-state index contributed by atoms with van der Waals surface area (Å²) in [5.41, 5.74) is 1.27. The van der Waals surface area contributed by atoms with E-state index in [9.17, 15) is 26.3 Å². The molecule has 0 aromatic heterocycles. The van der Waals surface area contributed by atoms with Crippen molar-refractivity contribution in [1.82, 2.24) is 0 Å². The number of hydrogen-bond acceptors (Lipinski definition) is 2. The number of nitrogens with zero attached hydrogens (tertiary/aromatic N) is 2. The van der Waals surface area contributed by atoms with Crippen molar-refractivity contribution in [2.24, 2.45) is 0 Å². The smallest absolute Gasteiger partial charge is 0.377 e. The van der Waals surface area contributed by atoms with Crippen molar-refractivity contribution >= 4 is 23.5 Å². The van der Waals surface area contributed by atoms with Gasteiger partial charge in [0, 0.05) is 51.7 Å². The van der Waals surface area contributed by atoms with E-state index in [0.717, 1.165) is 12.2 Å². The Morgan fingerprint density at radius 3 is 1.17 bits per heavy atom. The molecular weight excluding hydrogens is 334 g/mol. The number of allylic oxidation sites excluding steroid dienone is 2. The lowest BCUT2D eigenvalue weighted by molar-refractivity contribution is -0.0800. The fraction of sp³-hybridized carbons (Fsp3) is 0.375. The lowest BCUT2D eigenvalue weighted by atomic mass is 10.0. The monoisotopic (exact) mass is 352 g/mol. The average Bonchev–Trinajstić information content (AvgIpc) is 2.40. The van der Waals surface area contributed by atoms with Crippen LogP contribution in [-0.4, -0.2) is 40.5 Å². The van der Waals surface area contributed by atoms with E-state index in [1.165, 1.54) is 12.1 Å². The topological polar surface area (TPSA) is 6.48 Å². The molecule has 0 bridgehead atoms. The van der Waals surface area contributed by atoms with Crippen molar-refractivity contribution in [3.05, 3.63) is 35.4 Å². The molecule has 0 unspecified atom stereocenters. The highest BCUT2D eigenvalue weighted by atomic mass is 19.4. The van der Waals surface area contributed by atoms with Gasteiger partial charge in [-0.05, 0) is 35.4 Å². The van der Waals surface area contributed by atoms with E-state index >= 15 is 0 Å². The second kappa shape index (κ2) is 7.19. The second-order valence-corrected chi connectivity index (χ2v) is 5.51. The van der Waals surface area contributed by atoms with E-state index in [1.807, 2.05) is 0 Å². The number of benzene rings is 1. The molecule has 0 N–H and O–H groups in total. The summed E-state index contributed by atoms with van der Waals surface area (Å²) in [4.78, 5) is 3.08. The molecular formula is C16H18F6N2. The molecule has 8 heteroatoms. The highest BCUT2D eigenvalue weighted by Gasteiger charge is 2.24. The maximum absolute atomic E-state index is 12.4. The second-order valence-electron chi connectivity index (χ2n) is 5.51. The van der Waals surface area contributed by atoms with Crippen molar-refractivity contribution in [2.75, 3.05) is 38.0 Å². The predicted octanol–water partition coefficient (Wildman–Crippen LogP) is 4.97. The summed E-state index contributed by atoms with van der Waals surface area (Å²) >= 11 is 0. The fourth-order valence-corrected chi connectivity index (χ4v) is 2.02. The lowest BCUT2D eigenvalue weighted by Gasteiger charge is -2.22. The van der Waals surface area contributed by atoms with Crippen LogP contribution < -0.4 is 9.80 Å². The summed E-state index contributed by atoms with van der Waals surface area (Å²) in [6.45, 7) is 0. The number of hydrogen-bond donors (Lipinski definition) is 0. The summed E-state index contributed by atoms with van der Waals surface area (Å²) in [7, 11) is 6.42. The van der Waals surface area contributed by atoms with Gasteiger partial charge in [-0.15, -0.1) is 0 Å². The third-order valence-electron chi connectivity index (χ3n) is 3.04. The van der Waals surface area contributed by atoms with E-state index in [0.29, 0.717) is 11.4 Å². The highest BCUT2D eigenvalue weighted by Crippen LogP contribution is 2.33. The van der Waals surface area contributed by atoms with Crippen molar-refractivity contribution in [1.29, 1.82) is 0 Å². The van der Waals surface area contributed by atoms with Gasteiger partial charge in [0.2, 0.25) is 0 Å². The summed E-state index contributed by atoms with van der Waals surface area (Å²) in [6.07, 6.45) is -6.95. The quantitative estimate of drug-likeness (QED) is 0.706. The van der Waals surface area contributed by atoms with E-state index in [1.54, 1.807) is 38.0 Å². The van der Waals surface area contributed by atoms with Gasteiger partial charge in [0.05, 0.1) is 0 Å². The number of halogens is 6. The Hall–Kier alpha value is -2.12. The molecule has 0 saturated carbocycles. The Balaban J connectivity index is 3.50. The standard InChI is InChI=1S/C16H18F6N2/c1-23(2)13-9-12(6-8-16(20,21)22)14(24(3)4)10-11(13)5-7-15(17,18)19/h5-10H,1-4H3/b7-5+,8-6+. The molecule has 0 spiro atoms. The molecule has 0 aliphatic carbocycles. The van der Waals surface area contributed by atoms with Gasteiger partial charge in [0.25, 0.3) is 0 Å². The number of alkyl halides is 6. The predicted molar refractivity (Wildman–Crippen MR) is 85.3 cm³/mol. The Labute approximate surface area is 136 Å². The molecule has 1 rings (SSSR count). The molecule has 0 atom stereocenters. The Bertz CT molecular complexity index is 569. The zero-order chi connectivity index (χ0) is 18.7. The molecule has 24 heavy (non-hydrogen) atoms. The van der Waals surface area contributed by atoms with E-state index < -0.39 is 12.4 Å². The Kier molecular flexibility index (Phi) is 5.97. The summed E-state index contributed by atoms with van der Waals surface area (Å²) in [5.74, 6) is 0. The first-order chi connectivity index (χ1) is 10.8. The van der Waals surface area contributed by atoms with Gasteiger partial charge in [-0.3, -0.25) is 0 Å². The van der Waals surface area contributed by atoms with Gasteiger partial charge in [0.15, 0.2) is 0 Å². The molecule has 0 heterocycles. The Morgan fingerprint density at radius 2 is 0.958 bits per heavy atom. The maximum Gasteiger partial charge on any atom is 0.409 e. The molecule has 0 radical (unpaired) electrons. The van der Waals surface area contributed by atoms with Gasteiger partial charge >= 0.3 is 12.4 Å². The van der Waals surface area contributed by atoms with Gasteiger partial charge in [0.1, 0.15) is 0 Å². The van der Waals surface area contributed by atoms with Crippen LogP contribution in [0.15, 0.2) is 24.3 Å². The van der Waals surface area contributed by atoms with Crippen molar-refractivity contribution < 1.29 is 26.3 Å². The van der Waals surface area contributed by atoms with E-state index in [-0.39, 0.29) is 23.3 Å². The van der Waals surface area contributed by atoms with Gasteiger partial charge in [-0.1, -0.05) is 0 Å². The molecule has 1 aromatic carbocycles. The van der Waals surface area contributed by atoms with Crippen LogP contribution in [0.25, 0.3) is 12.2 Å². The normalized spacial score (nSPS) is 13.1. The van der Waals surface area contributed by atoms with E-state index in [2.05, 4.69) is 0 Å². The third-order valence-corrected chi connectivity index (χ3v) is 3.04. The zero-order valence-corrected chi connectivity index (χ0v) is 13.6. The minimum absolute atomic E-state index is 0.0972. The van der Waals surface area contributed by atoms with E-state index in [4.69, 9.17) is 0 Å². The van der Waals surface area contributed by atoms with Crippen LogP contribution in [0.4, 0.5) is 37.7 Å². The molecule has 0 fully saturated rings. The van der Waals surface area contributed by atoms with Crippen LogP contribution in [0.1, 0.15) is 11.1 Å². The lowest BCUT2D eigenvalue weighted by Crippen LogP contribution is -2.15. The first-order valence-electron chi connectivity index (χ1n) is 6.85. The van der Waals surface area contributed by atoms with Gasteiger partial charge < -0.3 is 9.80 Å². The minimum atomic E-state index is -4.48. The Morgan fingerprint density at radius 1 is 0.667 bits per heavy atom. The van der Waals surface area contributed by atoms with Gasteiger partial charge in [-0.25, -0.2) is 0 Å². The minimum Gasteiger partial charge on any atom is -0.377 e. The third kappa shape index (κ3) is 6.17. The van der Waals surface area contributed by atoms with Crippen molar-refractivity contribution in [2.45, 2.75) is 12.4 Å². The van der Waals surface area contributed by atoms with Crippen molar-refractivity contribution in [3.63, 3.8) is 0 Å². The maximum atomic E-state index is 12.4. The summed E-state index contributed by atoms with van der Waals surface area (Å²) < 4.78 is 74.5. The van der Waals surface area contributed by atoms with Crippen LogP contribution in [-0.2, 0) is 0 Å². The highest BCUT2D eigenvalue weighted by molar-refractivity contribution is 5.79. The van der Waals surface area contributed by atoms with Crippen LogP contribution in [0, 0.1) is 0 Å². The average molecular weight is 352 g/mol. The summed E-state index contributed by atoms with van der Waals surface area (Å²) in [6, 6.07) is 2.85. The first kappa shape index (κ1) is 19.9. The molecule has 2 nitrogen and oxygen atoms in total. The van der Waals surface area contributed by atoms with Crippen molar-refractivity contribution in [3.8, 4) is 0 Å². The molecule has 0 aliphatic heterocycles. The zero-order valence-electron chi connectivity index (χ0n) is 13.6. The van der Waals surface area contributed by atoms with Crippen LogP contribution >= 0.6 is 0 Å². The molecule has 134 valence electrons. The molecule has 0 saturated heterocycles. The first-order valence-corrected chi connectivity index (χ1v) is 6.85. The van der Waals surface area contributed by atoms with Gasteiger partial charge in [-0.2, -0.15) is 26.3 Å². The van der Waals surface area contributed by atoms with Crippen LogP contribution in [0.3, 0.4) is 0 Å². The largest absolute Gasteiger partial charge is 0.409 e. The molecule has 0 amide bonds. The van der Waals surface area contributed by atoms with Crippen LogP contribution in [0.5, 0.6) is 0 Å². The molecule has 1 aromatic rings. The molecule has 0 aliphatic rings. The SMILES string of the molecule is CN(C)c1cc(/C=C/C(F)(F)F)c(N(C)C)cc1/C=C/C(F)(F)F. The number of rotatable bonds is 4. The fourth-order valence-electron chi connectivity index (χ4n) is 2.02. The summed E-state index contributed by atoms with van der Waals surface area (Å²) in [5, 5.41) is 0. The van der Waals surface area contributed by atoms with Crippen LogP contribution in [0.2, 0.25) is 0 Å².